The number of allylic oxidation sites excluding steroid dienone is 2. The fraction of sp³-hybridized carbons (Fsp3) is 0.529. The van der Waals surface area contributed by atoms with Crippen LogP contribution in [0.25, 0.3) is 11.1 Å². The highest BCUT2D eigenvalue weighted by molar-refractivity contribution is 5.65. The van der Waals surface area contributed by atoms with Gasteiger partial charge in [-0.1, -0.05) is 101 Å². The van der Waals surface area contributed by atoms with E-state index in [1.807, 2.05) is 12.1 Å². The zero-order valence-corrected chi connectivity index (χ0v) is 21.9. The summed E-state index contributed by atoms with van der Waals surface area (Å²) < 4.78 is 14.3. The maximum absolute atomic E-state index is 14.3. The smallest absolute Gasteiger partial charge is 0.127 e. The van der Waals surface area contributed by atoms with Gasteiger partial charge < -0.3 is 0 Å². The Kier molecular flexibility index (Phi) is 9.65. The molecule has 0 saturated heterocycles. The number of hydrogen-bond acceptors (Lipinski definition) is 0. The van der Waals surface area contributed by atoms with Crippen LogP contribution < -0.4 is 0 Å². The molecule has 1 atom stereocenters. The lowest BCUT2D eigenvalue weighted by Gasteiger charge is -2.35. The van der Waals surface area contributed by atoms with Crippen LogP contribution in [0.3, 0.4) is 0 Å². The van der Waals surface area contributed by atoms with E-state index in [0.29, 0.717) is 0 Å². The highest BCUT2D eigenvalue weighted by Gasteiger charge is 2.28. The fourth-order valence-electron chi connectivity index (χ4n) is 6.12. The average molecular weight is 471 g/mol. The Morgan fingerprint density at radius 1 is 0.800 bits per heavy atom. The van der Waals surface area contributed by atoms with Crippen LogP contribution in [0, 0.1) is 35.4 Å². The first-order chi connectivity index (χ1) is 17.2. The number of unbranched alkanes of at least 4 members (excludes halogenated alkanes) is 2. The molecule has 2 aromatic rings. The van der Waals surface area contributed by atoms with Crippen molar-refractivity contribution in [2.24, 2.45) is 17.8 Å². The summed E-state index contributed by atoms with van der Waals surface area (Å²) in [6.45, 7) is 4.38. The highest BCUT2D eigenvalue weighted by Crippen LogP contribution is 2.40. The van der Waals surface area contributed by atoms with Crippen molar-refractivity contribution in [3.8, 4) is 23.0 Å². The molecule has 1 fully saturated rings. The van der Waals surface area contributed by atoms with Gasteiger partial charge in [0, 0.05) is 5.56 Å². The molecule has 4 rings (SSSR count). The van der Waals surface area contributed by atoms with E-state index in [4.69, 9.17) is 0 Å². The van der Waals surface area contributed by atoms with Gasteiger partial charge in [0.1, 0.15) is 5.82 Å². The molecule has 2 aromatic carbocycles. The number of hydrogen-bond donors (Lipinski definition) is 0. The number of halogens is 1. The second kappa shape index (κ2) is 13.1. The SMILES string of the molecule is CCCCCC1CCC(C2CC=C(C#Cc3ccc(-c4ccc(CCC)c(F)c4)cc3)CC2)CC1. The van der Waals surface area contributed by atoms with Gasteiger partial charge in [-0.25, -0.2) is 4.39 Å². The van der Waals surface area contributed by atoms with Gasteiger partial charge >= 0.3 is 0 Å². The van der Waals surface area contributed by atoms with E-state index in [-0.39, 0.29) is 5.82 Å². The van der Waals surface area contributed by atoms with Crippen molar-refractivity contribution in [2.45, 2.75) is 97.3 Å². The van der Waals surface area contributed by atoms with Crippen LogP contribution in [0.15, 0.2) is 54.1 Å². The molecule has 0 bridgehead atoms. The molecule has 0 aromatic heterocycles. The van der Waals surface area contributed by atoms with Crippen LogP contribution in [0.5, 0.6) is 0 Å². The number of rotatable bonds is 8. The molecule has 2 aliphatic rings. The Bertz CT molecular complexity index is 1020. The van der Waals surface area contributed by atoms with Crippen LogP contribution in [0.4, 0.5) is 4.39 Å². The van der Waals surface area contributed by atoms with Crippen LogP contribution in [0.2, 0.25) is 0 Å². The fourth-order valence-corrected chi connectivity index (χ4v) is 6.12. The first-order valence-electron chi connectivity index (χ1n) is 14.3. The van der Waals surface area contributed by atoms with Crippen LogP contribution in [0.1, 0.15) is 102 Å². The van der Waals surface area contributed by atoms with Crippen molar-refractivity contribution in [1.29, 1.82) is 0 Å². The quantitative estimate of drug-likeness (QED) is 0.266. The Labute approximate surface area is 213 Å². The Morgan fingerprint density at radius 3 is 2.23 bits per heavy atom. The van der Waals surface area contributed by atoms with Crippen molar-refractivity contribution >= 4 is 0 Å². The Morgan fingerprint density at radius 2 is 1.57 bits per heavy atom. The number of benzene rings is 2. The Balaban J connectivity index is 1.28. The van der Waals surface area contributed by atoms with E-state index in [0.717, 1.165) is 59.3 Å². The second-order valence-electron chi connectivity index (χ2n) is 10.9. The summed E-state index contributed by atoms with van der Waals surface area (Å²) in [4.78, 5) is 0. The molecule has 0 amide bonds. The molecule has 0 N–H and O–H groups in total. The molecule has 2 aliphatic carbocycles. The van der Waals surface area contributed by atoms with Gasteiger partial charge in [-0.05, 0) is 96.7 Å². The molecule has 1 unspecified atom stereocenters. The molecule has 1 saturated carbocycles. The largest absolute Gasteiger partial charge is 0.207 e. The molecular weight excluding hydrogens is 427 g/mol. The predicted molar refractivity (Wildman–Crippen MR) is 148 cm³/mol. The van der Waals surface area contributed by atoms with E-state index >= 15 is 0 Å². The zero-order chi connectivity index (χ0) is 24.5. The average Bonchev–Trinajstić information content (AvgIpc) is 2.90. The first-order valence-corrected chi connectivity index (χ1v) is 14.3. The molecule has 0 radical (unpaired) electrons. The van der Waals surface area contributed by atoms with Crippen LogP contribution in [-0.2, 0) is 6.42 Å². The summed E-state index contributed by atoms with van der Waals surface area (Å²) >= 11 is 0. The summed E-state index contributed by atoms with van der Waals surface area (Å²) in [6, 6.07) is 13.8. The zero-order valence-electron chi connectivity index (χ0n) is 21.9. The molecule has 0 heterocycles. The van der Waals surface area contributed by atoms with Crippen molar-refractivity contribution < 1.29 is 4.39 Å². The molecular formula is C34H43F. The van der Waals surface area contributed by atoms with Gasteiger partial charge in [-0.3, -0.25) is 0 Å². The highest BCUT2D eigenvalue weighted by atomic mass is 19.1. The van der Waals surface area contributed by atoms with Crippen LogP contribution in [-0.4, -0.2) is 0 Å². The monoisotopic (exact) mass is 470 g/mol. The standard InChI is InChI=1S/C34H43F/c1-3-5-6-8-26-11-17-29(18-12-26)30-19-13-27(14-20-30)9-10-28-15-21-31(22-16-28)33-24-23-32(7-4-2)34(35)25-33/h13,15-16,21-26,29-30H,3-8,11-12,14,17-20H2,1-2H3. The maximum Gasteiger partial charge on any atom is 0.127 e. The summed E-state index contributed by atoms with van der Waals surface area (Å²) in [7, 11) is 0. The lowest BCUT2D eigenvalue weighted by atomic mass is 9.70. The van der Waals surface area contributed by atoms with E-state index in [1.54, 1.807) is 6.07 Å². The summed E-state index contributed by atoms with van der Waals surface area (Å²) in [5, 5.41) is 0. The van der Waals surface area contributed by atoms with Crippen molar-refractivity contribution in [1.82, 2.24) is 0 Å². The minimum Gasteiger partial charge on any atom is -0.207 e. The second-order valence-corrected chi connectivity index (χ2v) is 10.9. The molecule has 1 heteroatoms. The van der Waals surface area contributed by atoms with Gasteiger partial charge in [0.2, 0.25) is 0 Å². The van der Waals surface area contributed by atoms with Gasteiger partial charge in [0.25, 0.3) is 0 Å². The van der Waals surface area contributed by atoms with E-state index in [1.165, 1.54) is 69.8 Å². The third-order valence-electron chi connectivity index (χ3n) is 8.38. The summed E-state index contributed by atoms with van der Waals surface area (Å²) in [6.07, 6.45) is 19.3. The Hall–Kier alpha value is -2.33. The van der Waals surface area contributed by atoms with Crippen molar-refractivity contribution in [3.63, 3.8) is 0 Å². The molecule has 0 spiro atoms. The third kappa shape index (κ3) is 7.33. The third-order valence-corrected chi connectivity index (χ3v) is 8.38. The van der Waals surface area contributed by atoms with Gasteiger partial charge in [-0.2, -0.15) is 0 Å². The van der Waals surface area contributed by atoms with Crippen LogP contribution >= 0.6 is 0 Å². The predicted octanol–water partition coefficient (Wildman–Crippen LogP) is 9.91. The van der Waals surface area contributed by atoms with Gasteiger partial charge in [-0.15, -0.1) is 0 Å². The number of aryl methyl sites for hydroxylation is 1. The van der Waals surface area contributed by atoms with Gasteiger partial charge in [0.05, 0.1) is 0 Å². The van der Waals surface area contributed by atoms with Crippen molar-refractivity contribution in [2.75, 3.05) is 0 Å². The summed E-state index contributed by atoms with van der Waals surface area (Å²) in [5.41, 5.74) is 5.11. The van der Waals surface area contributed by atoms with E-state index in [9.17, 15) is 4.39 Å². The summed E-state index contributed by atoms with van der Waals surface area (Å²) in [5.74, 6) is 9.52. The molecule has 0 aliphatic heterocycles. The first kappa shape index (κ1) is 25.8. The normalized spacial score (nSPS) is 22.3. The minimum atomic E-state index is -0.101. The van der Waals surface area contributed by atoms with Gasteiger partial charge in [0.15, 0.2) is 0 Å². The van der Waals surface area contributed by atoms with E-state index in [2.05, 4.69) is 56.0 Å². The van der Waals surface area contributed by atoms with Crippen molar-refractivity contribution in [3.05, 3.63) is 71.1 Å². The lowest BCUT2D eigenvalue weighted by Crippen LogP contribution is -2.23. The minimum absolute atomic E-state index is 0.101. The topological polar surface area (TPSA) is 0 Å². The molecule has 0 nitrogen and oxygen atoms in total. The molecule has 186 valence electrons. The van der Waals surface area contributed by atoms with E-state index < -0.39 is 0 Å². The molecule has 35 heavy (non-hydrogen) atoms. The lowest BCUT2D eigenvalue weighted by molar-refractivity contribution is 0.186. The maximum atomic E-state index is 14.3.